The molecule has 1 aromatic rings. The van der Waals surface area contributed by atoms with Crippen LogP contribution in [0.1, 0.15) is 23.0 Å². The van der Waals surface area contributed by atoms with Gasteiger partial charge in [0.15, 0.2) is 5.43 Å². The molecule has 2 heterocycles. The molecule has 0 saturated carbocycles. The van der Waals surface area contributed by atoms with E-state index in [0.717, 1.165) is 0 Å². The Hall–Kier alpha value is -2.15. The molecule has 0 bridgehead atoms. The smallest absolute Gasteiger partial charge is 0.329 e. The number of carbonyl (C=O) groups excluding carboxylic acids is 1. The van der Waals surface area contributed by atoms with Crippen LogP contribution in [0.15, 0.2) is 17.1 Å². The molecule has 7 heteroatoms. The second-order valence-electron chi connectivity index (χ2n) is 5.19. The van der Waals surface area contributed by atoms with Crippen LogP contribution in [0.5, 0.6) is 0 Å². The predicted octanol–water partition coefficient (Wildman–Crippen LogP) is -0.000980. The standard InChI is InChI=1S/C13H16N2O5/c1-8-3-10(16)9(4-14-8)12(19)15-6-13(2,7-15)20-5-11(17)18/h3-4H,5-7H2,1-2H3,(H,14,16)(H,17,18). The average Bonchev–Trinajstić information content (AvgIpc) is 2.32. The first kappa shape index (κ1) is 14.3. The summed E-state index contributed by atoms with van der Waals surface area (Å²) in [6, 6.07) is 1.37. The van der Waals surface area contributed by atoms with Crippen molar-refractivity contribution in [1.82, 2.24) is 9.88 Å². The van der Waals surface area contributed by atoms with Crippen LogP contribution >= 0.6 is 0 Å². The van der Waals surface area contributed by atoms with E-state index in [1.165, 1.54) is 17.2 Å². The van der Waals surface area contributed by atoms with Gasteiger partial charge in [-0.3, -0.25) is 9.59 Å². The summed E-state index contributed by atoms with van der Waals surface area (Å²) in [4.78, 5) is 38.6. The van der Waals surface area contributed by atoms with E-state index in [1.54, 1.807) is 13.8 Å². The molecule has 1 saturated heterocycles. The van der Waals surface area contributed by atoms with E-state index in [-0.39, 0.29) is 30.0 Å². The number of carboxylic acids is 1. The number of aryl methyl sites for hydroxylation is 1. The van der Waals surface area contributed by atoms with Crippen LogP contribution in [0, 0.1) is 6.92 Å². The van der Waals surface area contributed by atoms with Crippen LogP contribution in [0.4, 0.5) is 0 Å². The molecule has 108 valence electrons. The Bertz CT molecular complexity index is 601. The predicted molar refractivity (Wildman–Crippen MR) is 69.7 cm³/mol. The highest BCUT2D eigenvalue weighted by atomic mass is 16.5. The van der Waals surface area contributed by atoms with Gasteiger partial charge in [-0.25, -0.2) is 4.79 Å². The number of H-pyrrole nitrogens is 1. The summed E-state index contributed by atoms with van der Waals surface area (Å²) >= 11 is 0. The highest BCUT2D eigenvalue weighted by Crippen LogP contribution is 2.25. The Morgan fingerprint density at radius 1 is 1.50 bits per heavy atom. The lowest BCUT2D eigenvalue weighted by Crippen LogP contribution is -2.63. The number of hydrogen-bond acceptors (Lipinski definition) is 4. The minimum absolute atomic E-state index is 0.0795. The molecule has 1 aliphatic rings. The Kier molecular flexibility index (Phi) is 3.63. The molecule has 0 radical (unpaired) electrons. The maximum Gasteiger partial charge on any atom is 0.329 e. The van der Waals surface area contributed by atoms with Gasteiger partial charge in [-0.1, -0.05) is 0 Å². The van der Waals surface area contributed by atoms with Crippen LogP contribution in [0.25, 0.3) is 0 Å². The van der Waals surface area contributed by atoms with Crippen molar-refractivity contribution < 1.29 is 19.4 Å². The molecule has 1 aliphatic heterocycles. The number of nitrogens with one attached hydrogen (secondary N) is 1. The van der Waals surface area contributed by atoms with Gasteiger partial charge in [0.05, 0.1) is 13.1 Å². The van der Waals surface area contributed by atoms with E-state index < -0.39 is 18.2 Å². The third kappa shape index (κ3) is 2.88. The Labute approximate surface area is 115 Å². The van der Waals surface area contributed by atoms with Gasteiger partial charge in [-0.2, -0.15) is 0 Å². The molecular formula is C13H16N2O5. The van der Waals surface area contributed by atoms with Gasteiger partial charge in [0.2, 0.25) is 0 Å². The number of ether oxygens (including phenoxy) is 1. The minimum atomic E-state index is -1.05. The Morgan fingerprint density at radius 3 is 2.70 bits per heavy atom. The number of aromatic nitrogens is 1. The SMILES string of the molecule is Cc1cc(=O)c(C(=O)N2CC(C)(OCC(=O)O)C2)c[nH]1. The lowest BCUT2D eigenvalue weighted by molar-refractivity contribution is -0.159. The average molecular weight is 280 g/mol. The number of carbonyl (C=O) groups is 2. The zero-order valence-corrected chi connectivity index (χ0v) is 11.3. The third-order valence-electron chi connectivity index (χ3n) is 3.17. The molecule has 1 fully saturated rings. The van der Waals surface area contributed by atoms with E-state index in [4.69, 9.17) is 9.84 Å². The number of aliphatic carboxylic acids is 1. The van der Waals surface area contributed by atoms with Crippen molar-refractivity contribution >= 4 is 11.9 Å². The number of rotatable bonds is 4. The molecule has 0 atom stereocenters. The zero-order chi connectivity index (χ0) is 14.9. The fraction of sp³-hybridized carbons (Fsp3) is 0.462. The Morgan fingerprint density at radius 2 is 2.15 bits per heavy atom. The first-order chi connectivity index (χ1) is 9.31. The maximum absolute atomic E-state index is 12.1. The van der Waals surface area contributed by atoms with E-state index in [2.05, 4.69) is 4.98 Å². The van der Waals surface area contributed by atoms with Gasteiger partial charge in [0.25, 0.3) is 5.91 Å². The topological polar surface area (TPSA) is 99.7 Å². The maximum atomic E-state index is 12.1. The highest BCUT2D eigenvalue weighted by Gasteiger charge is 2.43. The number of likely N-dealkylation sites (tertiary alicyclic amines) is 1. The summed E-state index contributed by atoms with van der Waals surface area (Å²) in [5.74, 6) is -1.42. The molecule has 0 spiro atoms. The van der Waals surface area contributed by atoms with Crippen LogP contribution < -0.4 is 5.43 Å². The van der Waals surface area contributed by atoms with Crippen LogP contribution in [-0.2, 0) is 9.53 Å². The normalized spacial score (nSPS) is 16.6. The molecule has 0 aliphatic carbocycles. The number of amides is 1. The van der Waals surface area contributed by atoms with Gasteiger partial charge in [-0.15, -0.1) is 0 Å². The number of nitrogens with zero attached hydrogens (tertiary/aromatic N) is 1. The molecule has 2 rings (SSSR count). The second-order valence-corrected chi connectivity index (χ2v) is 5.19. The summed E-state index contributed by atoms with van der Waals surface area (Å²) in [6.07, 6.45) is 1.40. The number of pyridine rings is 1. The number of aromatic amines is 1. The molecule has 7 nitrogen and oxygen atoms in total. The minimum Gasteiger partial charge on any atom is -0.480 e. The third-order valence-corrected chi connectivity index (χ3v) is 3.17. The molecule has 0 aromatic carbocycles. The van der Waals surface area contributed by atoms with Crippen molar-refractivity contribution in [3.8, 4) is 0 Å². The van der Waals surface area contributed by atoms with Crippen LogP contribution in [0.2, 0.25) is 0 Å². The van der Waals surface area contributed by atoms with Gasteiger partial charge in [-0.05, 0) is 13.8 Å². The Balaban J connectivity index is 2.00. The summed E-state index contributed by atoms with van der Waals surface area (Å²) in [5.41, 5.74) is -0.224. The van der Waals surface area contributed by atoms with Crippen molar-refractivity contribution in [3.63, 3.8) is 0 Å². The molecule has 2 N–H and O–H groups in total. The fourth-order valence-electron chi connectivity index (χ4n) is 2.14. The first-order valence-corrected chi connectivity index (χ1v) is 6.15. The van der Waals surface area contributed by atoms with Gasteiger partial charge >= 0.3 is 5.97 Å². The summed E-state index contributed by atoms with van der Waals surface area (Å²) < 4.78 is 5.21. The molecule has 0 unspecified atom stereocenters. The van der Waals surface area contributed by atoms with Crippen LogP contribution in [0.3, 0.4) is 0 Å². The summed E-state index contributed by atoms with van der Waals surface area (Å²) in [7, 11) is 0. The van der Waals surface area contributed by atoms with Gasteiger partial charge in [0, 0.05) is 18.0 Å². The van der Waals surface area contributed by atoms with Crippen molar-refractivity contribution in [2.45, 2.75) is 19.4 Å². The van der Waals surface area contributed by atoms with E-state index in [1.807, 2.05) is 0 Å². The largest absolute Gasteiger partial charge is 0.480 e. The monoisotopic (exact) mass is 280 g/mol. The number of hydrogen-bond donors (Lipinski definition) is 2. The first-order valence-electron chi connectivity index (χ1n) is 6.15. The highest BCUT2D eigenvalue weighted by molar-refractivity contribution is 5.94. The van der Waals surface area contributed by atoms with Crippen molar-refractivity contribution in [2.75, 3.05) is 19.7 Å². The van der Waals surface area contributed by atoms with E-state index in [0.29, 0.717) is 5.69 Å². The van der Waals surface area contributed by atoms with Crippen molar-refractivity contribution in [1.29, 1.82) is 0 Å². The lowest BCUT2D eigenvalue weighted by Gasteiger charge is -2.47. The van der Waals surface area contributed by atoms with Crippen LogP contribution in [-0.4, -0.2) is 52.2 Å². The summed E-state index contributed by atoms with van der Waals surface area (Å²) in [5, 5.41) is 8.56. The molecule has 1 amide bonds. The van der Waals surface area contributed by atoms with Gasteiger partial charge in [0.1, 0.15) is 17.8 Å². The van der Waals surface area contributed by atoms with Crippen molar-refractivity contribution in [3.05, 3.63) is 33.7 Å². The number of carboxylic acid groups (broad SMARTS) is 1. The fourth-order valence-corrected chi connectivity index (χ4v) is 2.14. The molecule has 1 aromatic heterocycles. The van der Waals surface area contributed by atoms with E-state index >= 15 is 0 Å². The molecule has 20 heavy (non-hydrogen) atoms. The molecular weight excluding hydrogens is 264 g/mol. The quantitative estimate of drug-likeness (QED) is 0.808. The van der Waals surface area contributed by atoms with Crippen molar-refractivity contribution in [2.24, 2.45) is 0 Å². The lowest BCUT2D eigenvalue weighted by atomic mass is 9.95. The second kappa shape index (κ2) is 5.09. The summed E-state index contributed by atoms with van der Waals surface area (Å²) in [6.45, 7) is 3.61. The van der Waals surface area contributed by atoms with E-state index in [9.17, 15) is 14.4 Å². The zero-order valence-electron chi connectivity index (χ0n) is 11.3. The van der Waals surface area contributed by atoms with Gasteiger partial charge < -0.3 is 19.7 Å².